The number of anilines is 2. The summed E-state index contributed by atoms with van der Waals surface area (Å²) in [7, 11) is 0. The van der Waals surface area contributed by atoms with Gasteiger partial charge in [-0.15, -0.1) is 0 Å². The summed E-state index contributed by atoms with van der Waals surface area (Å²) in [6.07, 6.45) is 7.18. The molecule has 1 aliphatic rings. The third-order valence-electron chi connectivity index (χ3n) is 7.24. The Kier molecular flexibility index (Phi) is 8.96. The first kappa shape index (κ1) is 26.6. The van der Waals surface area contributed by atoms with Crippen molar-refractivity contribution in [3.63, 3.8) is 0 Å². The molecule has 2 aromatic heterocycles. The van der Waals surface area contributed by atoms with Crippen LogP contribution in [-0.4, -0.2) is 56.6 Å². The maximum atomic E-state index is 12.2. The molecule has 0 saturated heterocycles. The number of aliphatic carboxylic acids is 1. The summed E-state index contributed by atoms with van der Waals surface area (Å²) in [6.45, 7) is 3.33. The molecular formula is C31H36N6O2. The number of nitrogens with one attached hydrogen (secondary N) is 2. The van der Waals surface area contributed by atoms with E-state index in [2.05, 4.69) is 49.8 Å². The molecule has 8 heteroatoms. The van der Waals surface area contributed by atoms with Gasteiger partial charge in [-0.05, 0) is 74.4 Å². The molecule has 5 rings (SSSR count). The Labute approximate surface area is 229 Å². The lowest BCUT2D eigenvalue weighted by molar-refractivity contribution is -0.138. The van der Waals surface area contributed by atoms with Gasteiger partial charge >= 0.3 is 5.97 Å². The van der Waals surface area contributed by atoms with Gasteiger partial charge in [0.25, 0.3) is 0 Å². The molecule has 1 aliphatic heterocycles. The van der Waals surface area contributed by atoms with Gasteiger partial charge in [-0.3, -0.25) is 4.90 Å². The van der Waals surface area contributed by atoms with Crippen LogP contribution in [0.2, 0.25) is 0 Å². The second-order valence-corrected chi connectivity index (χ2v) is 10.1. The molecule has 2 aromatic carbocycles. The van der Waals surface area contributed by atoms with Gasteiger partial charge in [-0.1, -0.05) is 48.5 Å². The van der Waals surface area contributed by atoms with Crippen molar-refractivity contribution in [1.29, 1.82) is 0 Å². The number of carbonyl (C=O) groups is 1. The number of para-hydroxylation sites is 1. The molecule has 0 bridgehead atoms. The number of benzene rings is 2. The summed E-state index contributed by atoms with van der Waals surface area (Å²) < 4.78 is 0. The predicted molar refractivity (Wildman–Crippen MR) is 155 cm³/mol. The maximum absolute atomic E-state index is 12.2. The number of aryl methyl sites for hydroxylation is 2. The van der Waals surface area contributed by atoms with E-state index in [1.54, 1.807) is 0 Å². The van der Waals surface area contributed by atoms with Gasteiger partial charge in [0.05, 0.1) is 5.52 Å². The van der Waals surface area contributed by atoms with Crippen molar-refractivity contribution in [2.75, 3.05) is 30.3 Å². The number of pyridine rings is 1. The van der Waals surface area contributed by atoms with E-state index >= 15 is 0 Å². The highest BCUT2D eigenvalue weighted by molar-refractivity contribution is 5.90. The highest BCUT2D eigenvalue weighted by Gasteiger charge is 2.20. The highest BCUT2D eigenvalue weighted by atomic mass is 16.4. The molecule has 0 fully saturated rings. The standard InChI is InChI=1S/C31H36N6O2/c38-31(39)28(36-30-26-13-4-5-14-27(26)33-22-34-30)17-20-37(21-23-9-2-1-3-10-23)19-7-6-12-25-16-15-24-11-8-18-32-29(24)35-25/h1-5,9-10,13-16,22,28H,6-8,11-12,17-21H2,(H,32,35)(H,38,39)(H,33,34,36). The zero-order chi connectivity index (χ0) is 26.9. The molecule has 8 nitrogen and oxygen atoms in total. The highest BCUT2D eigenvalue weighted by Crippen LogP contribution is 2.22. The van der Waals surface area contributed by atoms with Crippen LogP contribution in [-0.2, 0) is 24.2 Å². The molecule has 0 amide bonds. The first-order valence-electron chi connectivity index (χ1n) is 13.8. The lowest BCUT2D eigenvalue weighted by atomic mass is 10.1. The lowest BCUT2D eigenvalue weighted by Gasteiger charge is -2.25. The van der Waals surface area contributed by atoms with Crippen molar-refractivity contribution in [1.82, 2.24) is 19.9 Å². The Balaban J connectivity index is 1.19. The molecule has 0 spiro atoms. The minimum atomic E-state index is -0.885. The van der Waals surface area contributed by atoms with Crippen LogP contribution in [0.4, 0.5) is 11.6 Å². The number of fused-ring (bicyclic) bond motifs is 2. The maximum Gasteiger partial charge on any atom is 0.326 e. The SMILES string of the molecule is O=C(O)C(CCN(CCCCc1ccc2c(n1)NCCC2)Cc1ccccc1)Nc1ncnc2ccccc12. The molecule has 0 saturated carbocycles. The second kappa shape index (κ2) is 13.2. The number of aromatic nitrogens is 3. The zero-order valence-corrected chi connectivity index (χ0v) is 22.2. The first-order chi connectivity index (χ1) is 19.2. The average molecular weight is 525 g/mol. The number of nitrogens with zero attached hydrogens (tertiary/aromatic N) is 4. The van der Waals surface area contributed by atoms with Gasteiger partial charge in [-0.2, -0.15) is 0 Å². The Morgan fingerprint density at radius 1 is 1.00 bits per heavy atom. The first-order valence-corrected chi connectivity index (χ1v) is 13.8. The Morgan fingerprint density at radius 2 is 1.85 bits per heavy atom. The summed E-state index contributed by atoms with van der Waals surface area (Å²) in [4.78, 5) is 28.0. The van der Waals surface area contributed by atoms with Crippen LogP contribution in [0.3, 0.4) is 0 Å². The fraction of sp³-hybridized carbons (Fsp3) is 0.355. The fourth-order valence-electron chi connectivity index (χ4n) is 5.12. The van der Waals surface area contributed by atoms with Crippen LogP contribution in [0, 0.1) is 0 Å². The van der Waals surface area contributed by atoms with Crippen molar-refractivity contribution in [3.8, 4) is 0 Å². The van der Waals surface area contributed by atoms with Crippen LogP contribution in [0.1, 0.15) is 42.5 Å². The van der Waals surface area contributed by atoms with Crippen molar-refractivity contribution in [2.45, 2.75) is 51.1 Å². The van der Waals surface area contributed by atoms with Crippen LogP contribution >= 0.6 is 0 Å². The second-order valence-electron chi connectivity index (χ2n) is 10.1. The van der Waals surface area contributed by atoms with Crippen LogP contribution < -0.4 is 10.6 Å². The van der Waals surface area contributed by atoms with Crippen molar-refractivity contribution < 1.29 is 9.90 Å². The number of hydrogen-bond donors (Lipinski definition) is 3. The van der Waals surface area contributed by atoms with E-state index in [-0.39, 0.29) is 0 Å². The van der Waals surface area contributed by atoms with Gasteiger partial charge in [0.1, 0.15) is 24.0 Å². The molecular weight excluding hydrogens is 488 g/mol. The van der Waals surface area contributed by atoms with E-state index in [0.29, 0.717) is 18.8 Å². The third kappa shape index (κ3) is 7.29. The van der Waals surface area contributed by atoms with E-state index < -0.39 is 12.0 Å². The third-order valence-corrected chi connectivity index (χ3v) is 7.24. The van der Waals surface area contributed by atoms with Gasteiger partial charge < -0.3 is 15.7 Å². The van der Waals surface area contributed by atoms with E-state index in [0.717, 1.165) is 67.7 Å². The quantitative estimate of drug-likeness (QED) is 0.206. The number of hydrogen-bond acceptors (Lipinski definition) is 7. The molecule has 4 aromatic rings. The van der Waals surface area contributed by atoms with Gasteiger partial charge in [-0.25, -0.2) is 19.7 Å². The van der Waals surface area contributed by atoms with Gasteiger partial charge in [0, 0.05) is 30.7 Å². The van der Waals surface area contributed by atoms with Crippen LogP contribution in [0.25, 0.3) is 10.9 Å². The van der Waals surface area contributed by atoms with Crippen molar-refractivity contribution >= 4 is 28.5 Å². The number of carboxylic acids is 1. The van der Waals surface area contributed by atoms with E-state index in [4.69, 9.17) is 4.98 Å². The molecule has 0 aliphatic carbocycles. The average Bonchev–Trinajstić information content (AvgIpc) is 2.97. The fourth-order valence-corrected chi connectivity index (χ4v) is 5.12. The summed E-state index contributed by atoms with van der Waals surface area (Å²) in [5.41, 5.74) is 4.45. The molecule has 1 unspecified atom stereocenters. The summed E-state index contributed by atoms with van der Waals surface area (Å²) in [5, 5.41) is 17.4. The topological polar surface area (TPSA) is 103 Å². The van der Waals surface area contributed by atoms with Crippen molar-refractivity contribution in [2.24, 2.45) is 0 Å². The number of rotatable bonds is 13. The lowest BCUT2D eigenvalue weighted by Crippen LogP contribution is -2.35. The van der Waals surface area contributed by atoms with E-state index in [1.807, 2.05) is 42.5 Å². The molecule has 1 atom stereocenters. The number of carboxylic acid groups (broad SMARTS) is 1. The monoisotopic (exact) mass is 524 g/mol. The Morgan fingerprint density at radius 3 is 2.72 bits per heavy atom. The zero-order valence-electron chi connectivity index (χ0n) is 22.2. The smallest absolute Gasteiger partial charge is 0.326 e. The van der Waals surface area contributed by atoms with E-state index in [9.17, 15) is 9.90 Å². The van der Waals surface area contributed by atoms with Crippen molar-refractivity contribution in [3.05, 3.63) is 89.9 Å². The molecule has 3 heterocycles. The Hall–Kier alpha value is -4.04. The summed E-state index contributed by atoms with van der Waals surface area (Å²) >= 11 is 0. The minimum absolute atomic E-state index is 0.457. The Bertz CT molecular complexity index is 1370. The van der Waals surface area contributed by atoms with Gasteiger partial charge in [0.15, 0.2) is 0 Å². The van der Waals surface area contributed by atoms with Crippen LogP contribution in [0.15, 0.2) is 73.1 Å². The summed E-state index contributed by atoms with van der Waals surface area (Å²) in [5.74, 6) is 0.715. The minimum Gasteiger partial charge on any atom is -0.480 e. The summed E-state index contributed by atoms with van der Waals surface area (Å²) in [6, 6.07) is 21.6. The van der Waals surface area contributed by atoms with E-state index in [1.165, 1.54) is 23.9 Å². The molecule has 3 N–H and O–H groups in total. The number of unbranched alkanes of at least 4 members (excludes halogenated alkanes) is 1. The van der Waals surface area contributed by atoms with Crippen LogP contribution in [0.5, 0.6) is 0 Å². The molecule has 39 heavy (non-hydrogen) atoms. The largest absolute Gasteiger partial charge is 0.480 e. The van der Waals surface area contributed by atoms with Gasteiger partial charge in [0.2, 0.25) is 0 Å². The normalized spacial score (nSPS) is 13.6. The molecule has 202 valence electrons. The predicted octanol–water partition coefficient (Wildman–Crippen LogP) is 5.16. The molecule has 0 radical (unpaired) electrons.